The fourth-order valence-electron chi connectivity index (χ4n) is 2.95. The smallest absolute Gasteiger partial charge is 0.376 e. The molecule has 2 rings (SSSR count). The number of carbonyl (C=O) groups is 1. The zero-order valence-electron chi connectivity index (χ0n) is 9.52. The van der Waals surface area contributed by atoms with Crippen LogP contribution in [0, 0.1) is 0 Å². The summed E-state index contributed by atoms with van der Waals surface area (Å²) < 4.78 is 0. The van der Waals surface area contributed by atoms with Crippen molar-refractivity contribution >= 4 is 13.0 Å². The minimum atomic E-state index is -0.391. The Labute approximate surface area is 91.4 Å². The highest BCUT2D eigenvalue weighted by Gasteiger charge is 2.39. The molecule has 0 aromatic carbocycles. The summed E-state index contributed by atoms with van der Waals surface area (Å²) >= 11 is 0. The molecule has 0 radical (unpaired) electrons. The molecular weight excluding hydrogens is 191 g/mol. The molecular formula is C10H19BN2O2. The van der Waals surface area contributed by atoms with Crippen molar-refractivity contribution in [2.24, 2.45) is 0 Å². The highest BCUT2D eigenvalue weighted by Crippen LogP contribution is 2.30. The van der Waals surface area contributed by atoms with Gasteiger partial charge in [-0.15, -0.1) is 0 Å². The summed E-state index contributed by atoms with van der Waals surface area (Å²) in [6.07, 6.45) is 3.23. The second-order valence-electron chi connectivity index (χ2n) is 4.73. The lowest BCUT2D eigenvalue weighted by molar-refractivity contribution is -0.131. The van der Waals surface area contributed by atoms with Crippen molar-refractivity contribution in [1.82, 2.24) is 9.71 Å². The summed E-state index contributed by atoms with van der Waals surface area (Å²) in [5, 5.41) is 9.58. The van der Waals surface area contributed by atoms with Crippen molar-refractivity contribution in [2.45, 2.75) is 45.1 Å². The van der Waals surface area contributed by atoms with Gasteiger partial charge in [0.25, 0.3) is 0 Å². The summed E-state index contributed by atoms with van der Waals surface area (Å²) in [6.45, 7) is 5.19. The van der Waals surface area contributed by atoms with Gasteiger partial charge in [-0.05, 0) is 32.6 Å². The molecule has 5 heteroatoms. The number of rotatable bonds is 1. The summed E-state index contributed by atoms with van der Waals surface area (Å²) in [5.41, 5.74) is 0. The number of nitrogens with zero attached hydrogens (tertiary/aromatic N) is 2. The van der Waals surface area contributed by atoms with Crippen molar-refractivity contribution in [3.8, 4) is 0 Å². The van der Waals surface area contributed by atoms with Gasteiger partial charge in [-0.1, -0.05) is 0 Å². The molecule has 2 aliphatic heterocycles. The van der Waals surface area contributed by atoms with Gasteiger partial charge >= 0.3 is 7.05 Å². The molecule has 0 aliphatic carbocycles. The number of hydrogen-bond donors (Lipinski definition) is 1. The molecule has 0 saturated carbocycles. The topological polar surface area (TPSA) is 43.8 Å². The predicted octanol–water partition coefficient (Wildman–Crippen LogP) is 0.182. The van der Waals surface area contributed by atoms with Crippen molar-refractivity contribution in [3.63, 3.8) is 0 Å². The van der Waals surface area contributed by atoms with E-state index in [1.54, 1.807) is 13.7 Å². The van der Waals surface area contributed by atoms with Crippen LogP contribution in [-0.4, -0.2) is 52.9 Å². The van der Waals surface area contributed by atoms with E-state index >= 15 is 0 Å². The fraction of sp³-hybridized carbons (Fsp3) is 0.900. The summed E-state index contributed by atoms with van der Waals surface area (Å²) in [4.78, 5) is 15.6. The van der Waals surface area contributed by atoms with Crippen LogP contribution in [0.5, 0.6) is 0 Å². The maximum Gasteiger partial charge on any atom is 0.376 e. The van der Waals surface area contributed by atoms with Crippen molar-refractivity contribution in [3.05, 3.63) is 0 Å². The lowest BCUT2D eigenvalue weighted by atomic mass is 9.83. The van der Waals surface area contributed by atoms with Crippen LogP contribution in [0.4, 0.5) is 0 Å². The Balaban J connectivity index is 2.11. The molecule has 1 N–H and O–H groups in total. The predicted molar refractivity (Wildman–Crippen MR) is 59.4 cm³/mol. The maximum atomic E-state index is 11.5. The minimum absolute atomic E-state index is 0.190. The molecule has 2 heterocycles. The van der Waals surface area contributed by atoms with Gasteiger partial charge in [0.15, 0.2) is 0 Å². The summed E-state index contributed by atoms with van der Waals surface area (Å²) in [7, 11) is -0.391. The lowest BCUT2D eigenvalue weighted by Gasteiger charge is -2.28. The molecule has 0 aromatic rings. The first-order valence-electron chi connectivity index (χ1n) is 5.80. The van der Waals surface area contributed by atoms with Gasteiger partial charge in [0.1, 0.15) is 0 Å². The van der Waals surface area contributed by atoms with Gasteiger partial charge in [0, 0.05) is 25.6 Å². The van der Waals surface area contributed by atoms with Gasteiger partial charge in [-0.2, -0.15) is 0 Å². The average Bonchev–Trinajstić information content (AvgIpc) is 2.40. The standard InChI is InChI=1S/C10H19BN2O2/c1-8(14)13-9-3-4-10(13)7-12(6-5-9)11(2)15/h9-10,15H,3-7H2,1-2H3. The second-order valence-corrected chi connectivity index (χ2v) is 4.73. The van der Waals surface area contributed by atoms with Crippen LogP contribution < -0.4 is 0 Å². The third kappa shape index (κ3) is 2.03. The zero-order chi connectivity index (χ0) is 11.0. The molecule has 2 saturated heterocycles. The first-order valence-corrected chi connectivity index (χ1v) is 5.80. The van der Waals surface area contributed by atoms with Crippen molar-refractivity contribution < 1.29 is 9.82 Å². The Morgan fingerprint density at radius 3 is 2.60 bits per heavy atom. The van der Waals surface area contributed by atoms with Gasteiger partial charge in [0.05, 0.1) is 0 Å². The van der Waals surface area contributed by atoms with E-state index in [1.807, 2.05) is 4.90 Å². The first-order chi connectivity index (χ1) is 7.09. The van der Waals surface area contributed by atoms with Gasteiger partial charge in [-0.25, -0.2) is 0 Å². The highest BCUT2D eigenvalue weighted by atomic mass is 16.2. The van der Waals surface area contributed by atoms with Crippen LogP contribution in [0.25, 0.3) is 0 Å². The molecule has 2 fully saturated rings. The molecule has 84 valence electrons. The lowest BCUT2D eigenvalue weighted by Crippen LogP contribution is -2.45. The number of carbonyl (C=O) groups excluding carboxylic acids is 1. The molecule has 15 heavy (non-hydrogen) atoms. The molecule has 1 amide bonds. The highest BCUT2D eigenvalue weighted by molar-refractivity contribution is 6.45. The van der Waals surface area contributed by atoms with Crippen LogP contribution in [0.15, 0.2) is 0 Å². The maximum absolute atomic E-state index is 11.5. The van der Waals surface area contributed by atoms with E-state index in [0.717, 1.165) is 32.4 Å². The Bertz CT molecular complexity index is 260. The fourth-order valence-corrected chi connectivity index (χ4v) is 2.95. The van der Waals surface area contributed by atoms with Crippen LogP contribution in [0.3, 0.4) is 0 Å². The van der Waals surface area contributed by atoms with Crippen molar-refractivity contribution in [2.75, 3.05) is 13.1 Å². The Hall–Kier alpha value is -0.545. The summed E-state index contributed by atoms with van der Waals surface area (Å²) in [6, 6.07) is 0.737. The Kier molecular flexibility index (Phi) is 3.02. The Morgan fingerprint density at radius 1 is 1.33 bits per heavy atom. The van der Waals surface area contributed by atoms with Crippen LogP contribution in [0.1, 0.15) is 26.2 Å². The minimum Gasteiger partial charge on any atom is -0.437 e. The molecule has 2 unspecified atom stereocenters. The third-order valence-electron chi connectivity index (χ3n) is 3.71. The van der Waals surface area contributed by atoms with Crippen LogP contribution in [-0.2, 0) is 4.79 Å². The number of fused-ring (bicyclic) bond motifs is 2. The van der Waals surface area contributed by atoms with Crippen LogP contribution in [0.2, 0.25) is 6.82 Å². The van der Waals surface area contributed by atoms with Crippen LogP contribution >= 0.6 is 0 Å². The normalized spacial score (nSPS) is 31.5. The molecule has 2 aliphatic rings. The monoisotopic (exact) mass is 210 g/mol. The zero-order valence-corrected chi connectivity index (χ0v) is 9.52. The Morgan fingerprint density at radius 2 is 2.00 bits per heavy atom. The third-order valence-corrected chi connectivity index (χ3v) is 3.71. The second kappa shape index (κ2) is 4.14. The van der Waals surface area contributed by atoms with Gasteiger partial charge < -0.3 is 14.7 Å². The molecule has 2 atom stereocenters. The SMILES string of the molecule is CB(O)N1CCC2CCC(C1)N2C(C)=O. The van der Waals surface area contributed by atoms with Gasteiger partial charge in [0.2, 0.25) is 5.91 Å². The summed E-state index contributed by atoms with van der Waals surface area (Å²) in [5.74, 6) is 0.190. The molecule has 2 bridgehead atoms. The van der Waals surface area contributed by atoms with Crippen molar-refractivity contribution in [1.29, 1.82) is 0 Å². The first kappa shape index (κ1) is 11.0. The average molecular weight is 210 g/mol. The van der Waals surface area contributed by atoms with Gasteiger partial charge in [-0.3, -0.25) is 4.79 Å². The van der Waals surface area contributed by atoms with E-state index in [2.05, 4.69) is 4.81 Å². The van der Waals surface area contributed by atoms with E-state index in [4.69, 9.17) is 0 Å². The number of hydrogen-bond acceptors (Lipinski definition) is 3. The largest absolute Gasteiger partial charge is 0.437 e. The van der Waals surface area contributed by atoms with E-state index in [1.165, 1.54) is 0 Å². The van der Waals surface area contributed by atoms with E-state index in [-0.39, 0.29) is 5.91 Å². The molecule has 0 spiro atoms. The van der Waals surface area contributed by atoms with E-state index in [9.17, 15) is 9.82 Å². The number of amides is 1. The van der Waals surface area contributed by atoms with E-state index in [0.29, 0.717) is 12.1 Å². The molecule has 4 nitrogen and oxygen atoms in total. The molecule has 0 aromatic heterocycles. The quantitative estimate of drug-likeness (QED) is 0.628. The van der Waals surface area contributed by atoms with E-state index < -0.39 is 7.05 Å².